The average molecular weight is 552 g/mol. The van der Waals surface area contributed by atoms with Gasteiger partial charge < -0.3 is 15.6 Å². The van der Waals surface area contributed by atoms with Crippen LogP contribution in [0, 0.1) is 23.2 Å². The van der Waals surface area contributed by atoms with Crippen molar-refractivity contribution in [1.29, 1.82) is 0 Å². The molecule has 1 heterocycles. The molecular weight excluding hydrogens is 519 g/mol. The molecule has 4 bridgehead atoms. The third-order valence-corrected chi connectivity index (χ3v) is 9.83. The molecule has 1 aromatic heterocycles. The maximum Gasteiger partial charge on any atom is 0.425 e. The Bertz CT molecular complexity index is 1460. The first-order valence-corrected chi connectivity index (χ1v) is 14.1. The summed E-state index contributed by atoms with van der Waals surface area (Å²) in [5.41, 5.74) is 3.47. The van der Waals surface area contributed by atoms with Crippen LogP contribution in [0.15, 0.2) is 48.8 Å². The van der Waals surface area contributed by atoms with Gasteiger partial charge in [-0.15, -0.1) is 0 Å². The van der Waals surface area contributed by atoms with E-state index in [2.05, 4.69) is 5.10 Å². The Kier molecular flexibility index (Phi) is 5.66. The van der Waals surface area contributed by atoms with E-state index in [-0.39, 0.29) is 34.4 Å². The van der Waals surface area contributed by atoms with Crippen molar-refractivity contribution in [2.75, 3.05) is 6.61 Å². The topological polar surface area (TPSA) is 90.4 Å². The van der Waals surface area contributed by atoms with Crippen LogP contribution in [0.1, 0.15) is 56.1 Å². The second-order valence-corrected chi connectivity index (χ2v) is 12.6. The van der Waals surface area contributed by atoms with E-state index in [0.29, 0.717) is 23.3 Å². The van der Waals surface area contributed by atoms with E-state index < -0.39 is 17.7 Å². The van der Waals surface area contributed by atoms with Crippen molar-refractivity contribution >= 4 is 5.91 Å². The van der Waals surface area contributed by atoms with Crippen molar-refractivity contribution in [3.63, 3.8) is 0 Å². The van der Waals surface area contributed by atoms with Crippen LogP contribution >= 0.6 is 0 Å². The Morgan fingerprint density at radius 1 is 1.05 bits per heavy atom. The first kappa shape index (κ1) is 25.6. The molecule has 3 aromatic rings. The molecule has 8 rings (SSSR count). The molecule has 5 aliphatic rings. The SMILES string of the molecule is NC(=O)Cn1cc(-c2cc(OCCC34CC5CC(CC(C5)C3)C4)cc3c2-c2ccccc2C3(O)C(F)(F)F)cn1. The van der Waals surface area contributed by atoms with Crippen molar-refractivity contribution in [2.45, 2.75) is 63.3 Å². The summed E-state index contributed by atoms with van der Waals surface area (Å²) in [7, 11) is 0. The maximum atomic E-state index is 14.6. The molecule has 0 aliphatic heterocycles. The molecule has 1 unspecified atom stereocenters. The predicted octanol–water partition coefficient (Wildman–Crippen LogP) is 5.80. The molecule has 4 saturated carbocycles. The maximum absolute atomic E-state index is 14.6. The standard InChI is InChI=1S/C31H32F3N3O3/c32-31(33,34)30(39)25-4-2-1-3-23(25)28-24(21-15-36-37(16-21)17-27(35)38)10-22(11-26(28)30)40-6-5-29-12-18-7-19(13-29)9-20(8-18)14-29/h1-4,10-11,15-16,18-20,39H,5-9,12-14,17H2,(H2,35,38). The minimum Gasteiger partial charge on any atom is -0.494 e. The summed E-state index contributed by atoms with van der Waals surface area (Å²) in [6.45, 7) is 0.245. The second kappa shape index (κ2) is 8.83. The fraction of sp³-hybridized carbons (Fsp3) is 0.484. The van der Waals surface area contributed by atoms with E-state index in [1.165, 1.54) is 67.6 Å². The summed E-state index contributed by atoms with van der Waals surface area (Å²) in [4.78, 5) is 11.4. The van der Waals surface area contributed by atoms with Gasteiger partial charge in [0.1, 0.15) is 12.3 Å². The highest BCUT2D eigenvalue weighted by atomic mass is 19.4. The summed E-state index contributed by atoms with van der Waals surface area (Å²) in [6.07, 6.45) is 6.68. The third kappa shape index (κ3) is 3.96. The number of rotatable bonds is 7. The summed E-state index contributed by atoms with van der Waals surface area (Å²) in [6, 6.07) is 9.12. The predicted molar refractivity (Wildman–Crippen MR) is 142 cm³/mol. The van der Waals surface area contributed by atoms with Gasteiger partial charge in [0.25, 0.3) is 0 Å². The first-order valence-electron chi connectivity index (χ1n) is 14.1. The number of amides is 1. The highest BCUT2D eigenvalue weighted by Gasteiger charge is 2.61. The summed E-state index contributed by atoms with van der Waals surface area (Å²) < 4.78 is 51.5. The van der Waals surface area contributed by atoms with Crippen LogP contribution in [0.2, 0.25) is 0 Å². The van der Waals surface area contributed by atoms with E-state index in [4.69, 9.17) is 10.5 Å². The minimum absolute atomic E-state index is 0.160. The number of carbonyl (C=O) groups is 1. The van der Waals surface area contributed by atoms with Gasteiger partial charge in [0.2, 0.25) is 11.5 Å². The van der Waals surface area contributed by atoms with Crippen LogP contribution < -0.4 is 10.5 Å². The van der Waals surface area contributed by atoms with Gasteiger partial charge >= 0.3 is 6.18 Å². The van der Waals surface area contributed by atoms with Crippen LogP contribution in [0.4, 0.5) is 13.2 Å². The lowest BCUT2D eigenvalue weighted by Gasteiger charge is -2.57. The quantitative estimate of drug-likeness (QED) is 0.389. The number of nitrogens with zero attached hydrogens (tertiary/aromatic N) is 2. The molecule has 1 amide bonds. The zero-order valence-electron chi connectivity index (χ0n) is 22.1. The van der Waals surface area contributed by atoms with Crippen molar-refractivity contribution in [3.8, 4) is 28.0 Å². The van der Waals surface area contributed by atoms with E-state index in [0.717, 1.165) is 24.2 Å². The van der Waals surface area contributed by atoms with Crippen LogP contribution in [-0.2, 0) is 16.9 Å². The van der Waals surface area contributed by atoms with Gasteiger partial charge in [-0.25, -0.2) is 0 Å². The highest BCUT2D eigenvalue weighted by Crippen LogP contribution is 2.62. The fourth-order valence-corrected chi connectivity index (χ4v) is 8.70. The Balaban J connectivity index is 1.27. The Morgan fingerprint density at radius 2 is 1.73 bits per heavy atom. The highest BCUT2D eigenvalue weighted by molar-refractivity contribution is 5.93. The number of carbonyl (C=O) groups excluding carboxylic acids is 1. The van der Waals surface area contributed by atoms with Gasteiger partial charge in [0.15, 0.2) is 0 Å². The van der Waals surface area contributed by atoms with Crippen LogP contribution in [0.3, 0.4) is 0 Å². The Labute approximate surface area is 230 Å². The number of alkyl halides is 3. The number of fused-ring (bicyclic) bond motifs is 3. The van der Waals surface area contributed by atoms with Gasteiger partial charge in [-0.2, -0.15) is 18.3 Å². The molecule has 2 aromatic carbocycles. The Morgan fingerprint density at radius 3 is 2.38 bits per heavy atom. The minimum atomic E-state index is -4.96. The normalized spacial score (nSPS) is 29.9. The van der Waals surface area contributed by atoms with Gasteiger partial charge in [0.05, 0.1) is 12.8 Å². The molecule has 1 atom stereocenters. The molecule has 0 spiro atoms. The number of halogens is 3. The van der Waals surface area contributed by atoms with Crippen molar-refractivity contribution in [3.05, 3.63) is 59.9 Å². The molecule has 5 aliphatic carbocycles. The number of hydrogen-bond acceptors (Lipinski definition) is 4. The Hall–Kier alpha value is -3.33. The third-order valence-electron chi connectivity index (χ3n) is 9.83. The lowest BCUT2D eigenvalue weighted by Crippen LogP contribution is -2.46. The average Bonchev–Trinajstić information content (AvgIpc) is 3.44. The monoisotopic (exact) mass is 551 g/mol. The summed E-state index contributed by atoms with van der Waals surface area (Å²) in [5, 5.41) is 15.6. The van der Waals surface area contributed by atoms with E-state index >= 15 is 0 Å². The molecule has 0 radical (unpaired) electrons. The fourth-order valence-electron chi connectivity index (χ4n) is 8.70. The summed E-state index contributed by atoms with van der Waals surface area (Å²) >= 11 is 0. The lowest BCUT2D eigenvalue weighted by molar-refractivity contribution is -0.246. The summed E-state index contributed by atoms with van der Waals surface area (Å²) in [5.74, 6) is 2.09. The van der Waals surface area contributed by atoms with Gasteiger partial charge in [0, 0.05) is 22.9 Å². The van der Waals surface area contributed by atoms with E-state index in [1.54, 1.807) is 24.4 Å². The first-order chi connectivity index (χ1) is 19.0. The van der Waals surface area contributed by atoms with Crippen LogP contribution in [0.25, 0.3) is 22.3 Å². The lowest BCUT2D eigenvalue weighted by atomic mass is 9.49. The van der Waals surface area contributed by atoms with Gasteiger partial charge in [-0.3, -0.25) is 9.48 Å². The number of ether oxygens (including phenoxy) is 1. The zero-order valence-corrected chi connectivity index (χ0v) is 22.1. The van der Waals surface area contributed by atoms with Crippen molar-refractivity contribution in [1.82, 2.24) is 9.78 Å². The molecule has 6 nitrogen and oxygen atoms in total. The number of aromatic nitrogens is 2. The molecular formula is C31H32F3N3O3. The largest absolute Gasteiger partial charge is 0.494 e. The van der Waals surface area contributed by atoms with Crippen LogP contribution in [0.5, 0.6) is 5.75 Å². The molecule has 9 heteroatoms. The van der Waals surface area contributed by atoms with Crippen molar-refractivity contribution in [2.24, 2.45) is 28.9 Å². The molecule has 3 N–H and O–H groups in total. The van der Waals surface area contributed by atoms with E-state index in [9.17, 15) is 23.1 Å². The number of nitrogens with two attached hydrogens (primary N) is 1. The smallest absolute Gasteiger partial charge is 0.425 e. The van der Waals surface area contributed by atoms with Crippen molar-refractivity contribution < 1.29 is 27.8 Å². The van der Waals surface area contributed by atoms with Gasteiger partial charge in [-0.05, 0) is 96.9 Å². The number of aliphatic hydroxyl groups is 1. The zero-order chi connectivity index (χ0) is 27.9. The molecule has 40 heavy (non-hydrogen) atoms. The molecule has 4 fully saturated rings. The second-order valence-electron chi connectivity index (χ2n) is 12.6. The molecule has 210 valence electrons. The van der Waals surface area contributed by atoms with Crippen LogP contribution in [-0.4, -0.2) is 33.6 Å². The van der Waals surface area contributed by atoms with Gasteiger partial charge in [-0.1, -0.05) is 24.3 Å². The van der Waals surface area contributed by atoms with E-state index in [1.807, 2.05) is 0 Å². The number of hydrogen-bond donors (Lipinski definition) is 2. The molecule has 0 saturated heterocycles. The number of primary amides is 1. The number of benzene rings is 2.